The smallest absolute Gasteiger partial charge is 0.338 e. The third-order valence-electron chi connectivity index (χ3n) is 2.39. The van der Waals surface area contributed by atoms with Crippen molar-refractivity contribution in [1.29, 1.82) is 0 Å². The van der Waals surface area contributed by atoms with Gasteiger partial charge in [0, 0.05) is 12.6 Å². The van der Waals surface area contributed by atoms with Gasteiger partial charge in [0.25, 0.3) is 5.91 Å². The Morgan fingerprint density at radius 2 is 2.16 bits per heavy atom. The number of halogens is 1. The Balaban J connectivity index is 2.48. The average molecular weight is 269 g/mol. The van der Waals surface area contributed by atoms with E-state index in [1.807, 2.05) is 6.92 Å². The summed E-state index contributed by atoms with van der Waals surface area (Å²) in [5.74, 6) is -2.41. The summed E-state index contributed by atoms with van der Waals surface area (Å²) >= 11 is 0. The summed E-state index contributed by atoms with van der Waals surface area (Å²) in [5, 5.41) is 11.3. The molecule has 0 fully saturated rings. The van der Waals surface area contributed by atoms with Gasteiger partial charge in [-0.05, 0) is 18.6 Å². The third-order valence-corrected chi connectivity index (χ3v) is 2.39. The predicted molar refractivity (Wildman–Crippen MR) is 66.8 cm³/mol. The molecule has 0 radical (unpaired) electrons. The number of carbonyl (C=O) groups excluding carboxylic acids is 1. The fourth-order valence-corrected chi connectivity index (χ4v) is 1.36. The van der Waals surface area contributed by atoms with Crippen LogP contribution >= 0.6 is 0 Å². The van der Waals surface area contributed by atoms with E-state index in [9.17, 15) is 14.0 Å². The number of carbonyl (C=O) groups is 2. The second-order valence-electron chi connectivity index (χ2n) is 3.94. The Labute approximate surface area is 110 Å². The van der Waals surface area contributed by atoms with E-state index in [2.05, 4.69) is 5.32 Å². The standard InChI is InChI=1S/C13H16FNO4/c1-2-3-6-15-12(16)8-19-9-4-5-10(13(17)18)11(14)7-9/h4-5,7H,2-3,6,8H2,1H3,(H,15,16)(H,17,18). The number of hydrogen-bond donors (Lipinski definition) is 2. The highest BCUT2D eigenvalue weighted by molar-refractivity contribution is 5.88. The van der Waals surface area contributed by atoms with E-state index in [1.54, 1.807) is 0 Å². The monoisotopic (exact) mass is 269 g/mol. The summed E-state index contributed by atoms with van der Waals surface area (Å²) in [4.78, 5) is 21.9. The van der Waals surface area contributed by atoms with Gasteiger partial charge in [0.15, 0.2) is 6.61 Å². The van der Waals surface area contributed by atoms with E-state index in [0.717, 1.165) is 25.0 Å². The molecule has 0 aliphatic carbocycles. The predicted octanol–water partition coefficient (Wildman–Crippen LogP) is 1.82. The molecular formula is C13H16FNO4. The second kappa shape index (κ2) is 7.35. The van der Waals surface area contributed by atoms with Gasteiger partial charge < -0.3 is 15.2 Å². The zero-order valence-corrected chi connectivity index (χ0v) is 10.6. The molecular weight excluding hydrogens is 253 g/mol. The van der Waals surface area contributed by atoms with Crippen molar-refractivity contribution in [2.75, 3.05) is 13.2 Å². The largest absolute Gasteiger partial charge is 0.484 e. The molecule has 0 atom stereocenters. The summed E-state index contributed by atoms with van der Waals surface area (Å²) in [6.45, 7) is 2.36. The van der Waals surface area contributed by atoms with Crippen molar-refractivity contribution in [2.45, 2.75) is 19.8 Å². The number of rotatable bonds is 7. The summed E-state index contributed by atoms with van der Waals surface area (Å²) in [6, 6.07) is 3.36. The number of amides is 1. The Hall–Kier alpha value is -2.11. The Kier molecular flexibility index (Phi) is 5.78. The maximum absolute atomic E-state index is 13.3. The van der Waals surface area contributed by atoms with Crippen LogP contribution in [-0.2, 0) is 4.79 Å². The maximum atomic E-state index is 13.3. The van der Waals surface area contributed by atoms with Crippen LogP contribution in [-0.4, -0.2) is 30.1 Å². The molecule has 0 unspecified atom stereocenters. The molecule has 1 aromatic rings. The van der Waals surface area contributed by atoms with Crippen LogP contribution < -0.4 is 10.1 Å². The molecule has 5 nitrogen and oxygen atoms in total. The van der Waals surface area contributed by atoms with E-state index >= 15 is 0 Å². The number of ether oxygens (including phenoxy) is 1. The molecule has 0 saturated carbocycles. The van der Waals surface area contributed by atoms with Gasteiger partial charge in [0.2, 0.25) is 0 Å². The summed E-state index contributed by atoms with van der Waals surface area (Å²) in [5.41, 5.74) is -0.431. The Morgan fingerprint density at radius 3 is 2.74 bits per heavy atom. The minimum Gasteiger partial charge on any atom is -0.484 e. The van der Waals surface area contributed by atoms with Gasteiger partial charge in [-0.1, -0.05) is 13.3 Å². The van der Waals surface area contributed by atoms with Gasteiger partial charge in [0.1, 0.15) is 11.6 Å². The zero-order valence-electron chi connectivity index (χ0n) is 10.6. The SMILES string of the molecule is CCCCNC(=O)COc1ccc(C(=O)O)c(F)c1. The maximum Gasteiger partial charge on any atom is 0.338 e. The number of carboxylic acids is 1. The van der Waals surface area contributed by atoms with Crippen LogP contribution in [0.1, 0.15) is 30.1 Å². The van der Waals surface area contributed by atoms with Gasteiger partial charge in [-0.15, -0.1) is 0 Å². The molecule has 0 saturated heterocycles. The lowest BCUT2D eigenvalue weighted by Gasteiger charge is -2.07. The molecule has 0 bridgehead atoms. The van der Waals surface area contributed by atoms with Crippen LogP contribution in [0.3, 0.4) is 0 Å². The molecule has 1 aromatic carbocycles. The Morgan fingerprint density at radius 1 is 1.42 bits per heavy atom. The van der Waals surface area contributed by atoms with Crippen LogP contribution in [0.4, 0.5) is 4.39 Å². The number of aromatic carboxylic acids is 1. The van der Waals surface area contributed by atoms with Crippen LogP contribution in [0.2, 0.25) is 0 Å². The van der Waals surface area contributed by atoms with Crippen molar-refractivity contribution in [2.24, 2.45) is 0 Å². The van der Waals surface area contributed by atoms with Crippen LogP contribution in [0.5, 0.6) is 5.75 Å². The van der Waals surface area contributed by atoms with Crippen LogP contribution in [0, 0.1) is 5.82 Å². The van der Waals surface area contributed by atoms with Gasteiger partial charge in [0.05, 0.1) is 5.56 Å². The third kappa shape index (κ3) is 4.95. The number of benzene rings is 1. The molecule has 19 heavy (non-hydrogen) atoms. The quantitative estimate of drug-likeness (QED) is 0.740. The van der Waals surface area contributed by atoms with Crippen LogP contribution in [0.25, 0.3) is 0 Å². The lowest BCUT2D eigenvalue weighted by molar-refractivity contribution is -0.123. The average Bonchev–Trinajstić information content (AvgIpc) is 2.36. The summed E-state index contributed by atoms with van der Waals surface area (Å²) in [6.07, 6.45) is 1.86. The van der Waals surface area contributed by atoms with Crippen LogP contribution in [0.15, 0.2) is 18.2 Å². The van der Waals surface area contributed by atoms with E-state index in [0.29, 0.717) is 6.54 Å². The van der Waals surface area contributed by atoms with E-state index in [4.69, 9.17) is 9.84 Å². The molecule has 1 rings (SSSR count). The van der Waals surface area contributed by atoms with Crippen molar-refractivity contribution < 1.29 is 23.8 Å². The fraction of sp³-hybridized carbons (Fsp3) is 0.385. The first-order valence-electron chi connectivity index (χ1n) is 5.97. The summed E-state index contributed by atoms with van der Waals surface area (Å²) < 4.78 is 18.4. The number of carboxylic acid groups (broad SMARTS) is 1. The van der Waals surface area contributed by atoms with Crippen molar-refractivity contribution in [3.63, 3.8) is 0 Å². The molecule has 2 N–H and O–H groups in total. The molecule has 104 valence electrons. The lowest BCUT2D eigenvalue weighted by atomic mass is 10.2. The Bertz CT molecular complexity index is 462. The fourth-order valence-electron chi connectivity index (χ4n) is 1.36. The summed E-state index contributed by atoms with van der Waals surface area (Å²) in [7, 11) is 0. The van der Waals surface area contributed by atoms with E-state index in [-0.39, 0.29) is 18.3 Å². The molecule has 0 heterocycles. The molecule has 0 aliphatic rings. The number of nitrogens with one attached hydrogen (secondary N) is 1. The molecule has 0 aromatic heterocycles. The highest BCUT2D eigenvalue weighted by atomic mass is 19.1. The van der Waals surface area contributed by atoms with Crippen molar-refractivity contribution in [3.8, 4) is 5.75 Å². The van der Waals surface area contributed by atoms with Crippen molar-refractivity contribution >= 4 is 11.9 Å². The number of hydrogen-bond acceptors (Lipinski definition) is 3. The van der Waals surface area contributed by atoms with Gasteiger partial charge in [-0.25, -0.2) is 9.18 Å². The van der Waals surface area contributed by atoms with Gasteiger partial charge in [-0.2, -0.15) is 0 Å². The normalized spacial score (nSPS) is 10.0. The first-order valence-corrected chi connectivity index (χ1v) is 5.97. The lowest BCUT2D eigenvalue weighted by Crippen LogP contribution is -2.29. The zero-order chi connectivity index (χ0) is 14.3. The second-order valence-corrected chi connectivity index (χ2v) is 3.94. The minimum absolute atomic E-state index is 0.119. The van der Waals surface area contributed by atoms with Gasteiger partial charge >= 0.3 is 5.97 Å². The van der Waals surface area contributed by atoms with Crippen molar-refractivity contribution in [1.82, 2.24) is 5.32 Å². The minimum atomic E-state index is -1.35. The first-order chi connectivity index (χ1) is 9.04. The topological polar surface area (TPSA) is 75.6 Å². The van der Waals surface area contributed by atoms with E-state index < -0.39 is 17.3 Å². The highest BCUT2D eigenvalue weighted by Gasteiger charge is 2.11. The molecule has 1 amide bonds. The number of unbranched alkanes of at least 4 members (excludes halogenated alkanes) is 1. The van der Waals surface area contributed by atoms with Gasteiger partial charge in [-0.3, -0.25) is 4.79 Å². The highest BCUT2D eigenvalue weighted by Crippen LogP contribution is 2.16. The van der Waals surface area contributed by atoms with E-state index in [1.165, 1.54) is 6.07 Å². The molecule has 0 spiro atoms. The first kappa shape index (κ1) is 14.9. The molecule has 0 aliphatic heterocycles. The molecule has 6 heteroatoms. The van der Waals surface area contributed by atoms with Crippen molar-refractivity contribution in [3.05, 3.63) is 29.6 Å².